The molecule has 112 valence electrons. The number of hydrogen-bond donors (Lipinski definition) is 2. The summed E-state index contributed by atoms with van der Waals surface area (Å²) in [5, 5.41) is 23.4. The minimum absolute atomic E-state index is 0.266. The van der Waals surface area contributed by atoms with Crippen LogP contribution in [0.2, 0.25) is 0 Å². The van der Waals surface area contributed by atoms with Gasteiger partial charge in [-0.2, -0.15) is 0 Å². The topological polar surface area (TPSA) is 92.5 Å². The number of nitro groups is 1. The van der Waals surface area contributed by atoms with Crippen LogP contribution in [0.3, 0.4) is 0 Å². The highest BCUT2D eigenvalue weighted by molar-refractivity contribution is 5.95. The van der Waals surface area contributed by atoms with E-state index in [9.17, 15) is 14.9 Å². The third-order valence-corrected chi connectivity index (χ3v) is 4.89. The van der Waals surface area contributed by atoms with Gasteiger partial charge in [-0.15, -0.1) is 0 Å². The second kappa shape index (κ2) is 5.35. The Morgan fingerprint density at radius 2 is 2.19 bits per heavy atom. The van der Waals surface area contributed by atoms with Crippen LogP contribution < -0.4 is 5.32 Å². The van der Waals surface area contributed by atoms with Crippen molar-refractivity contribution in [2.75, 3.05) is 11.9 Å². The maximum absolute atomic E-state index is 11.2. The van der Waals surface area contributed by atoms with Crippen LogP contribution >= 0.6 is 0 Å². The molecular formula is C15H18N2O4. The van der Waals surface area contributed by atoms with E-state index in [0.717, 1.165) is 11.8 Å². The van der Waals surface area contributed by atoms with Gasteiger partial charge < -0.3 is 10.4 Å². The molecule has 3 atom stereocenters. The van der Waals surface area contributed by atoms with Crippen LogP contribution in [0.5, 0.6) is 0 Å². The van der Waals surface area contributed by atoms with E-state index in [1.54, 1.807) is 12.1 Å². The van der Waals surface area contributed by atoms with Crippen molar-refractivity contribution in [3.05, 3.63) is 33.9 Å². The van der Waals surface area contributed by atoms with Crippen molar-refractivity contribution in [3.8, 4) is 0 Å². The summed E-state index contributed by atoms with van der Waals surface area (Å²) in [6, 6.07) is 4.39. The summed E-state index contributed by atoms with van der Waals surface area (Å²) in [4.78, 5) is 21.7. The molecule has 0 aliphatic heterocycles. The fraction of sp³-hybridized carbons (Fsp3) is 0.533. The second-order valence-corrected chi connectivity index (χ2v) is 6.08. The predicted molar refractivity (Wildman–Crippen MR) is 77.5 cm³/mol. The number of benzene rings is 1. The average molecular weight is 290 g/mol. The van der Waals surface area contributed by atoms with Gasteiger partial charge in [-0.1, -0.05) is 12.5 Å². The highest BCUT2D eigenvalue weighted by Crippen LogP contribution is 2.48. The van der Waals surface area contributed by atoms with Crippen molar-refractivity contribution >= 4 is 17.3 Å². The highest BCUT2D eigenvalue weighted by Gasteiger charge is 2.39. The number of nitrogens with zero attached hydrogens (tertiary/aromatic N) is 1. The number of nitrogens with one attached hydrogen (secondary N) is 1. The number of anilines is 1. The fourth-order valence-electron chi connectivity index (χ4n) is 3.92. The van der Waals surface area contributed by atoms with Crippen LogP contribution in [0.25, 0.3) is 0 Å². The number of carboxylic acid groups (broad SMARTS) is 1. The molecule has 2 aliphatic carbocycles. The summed E-state index contributed by atoms with van der Waals surface area (Å²) < 4.78 is 0. The summed E-state index contributed by atoms with van der Waals surface area (Å²) >= 11 is 0. The Hall–Kier alpha value is -2.11. The molecule has 6 nitrogen and oxygen atoms in total. The van der Waals surface area contributed by atoms with Crippen LogP contribution in [-0.2, 0) is 0 Å². The number of nitro benzene ring substituents is 1. The Bertz CT molecular complexity index is 587. The van der Waals surface area contributed by atoms with Crippen LogP contribution in [0.15, 0.2) is 18.2 Å². The molecule has 2 aliphatic rings. The lowest BCUT2D eigenvalue weighted by atomic mass is 9.89. The van der Waals surface area contributed by atoms with Gasteiger partial charge in [-0.05, 0) is 49.1 Å². The van der Waals surface area contributed by atoms with Crippen LogP contribution in [0.1, 0.15) is 36.0 Å². The van der Waals surface area contributed by atoms with Crippen LogP contribution in [0.4, 0.5) is 11.4 Å². The first kappa shape index (κ1) is 13.9. The number of fused-ring (bicyclic) bond motifs is 2. The summed E-state index contributed by atoms with van der Waals surface area (Å²) in [6.45, 7) is 0.686. The smallest absolute Gasteiger partial charge is 0.342 e. The molecule has 0 heterocycles. The van der Waals surface area contributed by atoms with Gasteiger partial charge in [0.2, 0.25) is 0 Å². The van der Waals surface area contributed by atoms with Crippen LogP contribution in [-0.4, -0.2) is 22.5 Å². The zero-order chi connectivity index (χ0) is 15.0. The molecule has 2 N–H and O–H groups in total. The van der Waals surface area contributed by atoms with E-state index < -0.39 is 10.9 Å². The second-order valence-electron chi connectivity index (χ2n) is 6.08. The van der Waals surface area contributed by atoms with E-state index in [0.29, 0.717) is 18.2 Å². The molecule has 0 radical (unpaired) electrons. The Labute approximate surface area is 122 Å². The summed E-state index contributed by atoms with van der Waals surface area (Å²) in [7, 11) is 0. The molecule has 0 spiro atoms. The molecule has 1 aromatic rings. The number of aromatic carboxylic acids is 1. The molecular weight excluding hydrogens is 272 g/mol. The molecule has 2 fully saturated rings. The number of rotatable bonds is 5. The van der Waals surface area contributed by atoms with Crippen molar-refractivity contribution in [3.63, 3.8) is 0 Å². The third kappa shape index (κ3) is 2.57. The van der Waals surface area contributed by atoms with Gasteiger partial charge in [0, 0.05) is 6.54 Å². The zero-order valence-corrected chi connectivity index (χ0v) is 11.6. The molecule has 0 amide bonds. The van der Waals surface area contributed by atoms with E-state index in [1.165, 1.54) is 31.7 Å². The lowest BCUT2D eigenvalue weighted by Gasteiger charge is -2.22. The Morgan fingerprint density at radius 3 is 2.76 bits per heavy atom. The molecule has 2 saturated carbocycles. The van der Waals surface area contributed by atoms with Gasteiger partial charge in [0.1, 0.15) is 11.3 Å². The number of hydrogen-bond acceptors (Lipinski definition) is 4. The first-order valence-corrected chi connectivity index (χ1v) is 7.31. The Morgan fingerprint density at radius 1 is 1.38 bits per heavy atom. The van der Waals surface area contributed by atoms with Crippen molar-refractivity contribution in [1.29, 1.82) is 0 Å². The van der Waals surface area contributed by atoms with Gasteiger partial charge in [0.05, 0.1) is 4.92 Å². The summed E-state index contributed by atoms with van der Waals surface area (Å²) in [6.07, 6.45) is 5.04. The lowest BCUT2D eigenvalue weighted by Crippen LogP contribution is -2.20. The normalized spacial score (nSPS) is 26.8. The summed E-state index contributed by atoms with van der Waals surface area (Å²) in [5.74, 6) is 0.827. The molecule has 2 bridgehead atoms. The van der Waals surface area contributed by atoms with Crippen molar-refractivity contribution in [2.24, 2.45) is 17.8 Å². The molecule has 0 saturated heterocycles. The van der Waals surface area contributed by atoms with Gasteiger partial charge in [0.15, 0.2) is 0 Å². The molecule has 21 heavy (non-hydrogen) atoms. The standard InChI is InChI=1S/C15H18N2O4/c18-15(19)12-2-1-3-13(14(12)17(20)21)16-8-11-7-9-4-5-10(11)6-9/h1-3,9-11,16H,4-8H2,(H,18,19). The highest BCUT2D eigenvalue weighted by atomic mass is 16.6. The SMILES string of the molecule is O=C(O)c1cccc(NCC2CC3CCC2C3)c1[N+](=O)[O-]. The van der Waals surface area contributed by atoms with Crippen molar-refractivity contribution < 1.29 is 14.8 Å². The number of carbonyl (C=O) groups is 1. The Kier molecular flexibility index (Phi) is 3.53. The number of carboxylic acids is 1. The van der Waals surface area contributed by atoms with Gasteiger partial charge in [-0.3, -0.25) is 10.1 Å². The van der Waals surface area contributed by atoms with Gasteiger partial charge >= 0.3 is 11.7 Å². The van der Waals surface area contributed by atoms with E-state index in [-0.39, 0.29) is 11.3 Å². The van der Waals surface area contributed by atoms with E-state index in [2.05, 4.69) is 5.32 Å². The molecule has 0 aromatic heterocycles. The zero-order valence-electron chi connectivity index (χ0n) is 11.6. The first-order valence-electron chi connectivity index (χ1n) is 7.31. The lowest BCUT2D eigenvalue weighted by molar-refractivity contribution is -0.384. The molecule has 3 rings (SSSR count). The van der Waals surface area contributed by atoms with E-state index in [1.807, 2.05) is 0 Å². The summed E-state index contributed by atoms with van der Waals surface area (Å²) in [5.41, 5.74) is -0.297. The van der Waals surface area contributed by atoms with Gasteiger partial charge in [-0.25, -0.2) is 4.79 Å². The largest absolute Gasteiger partial charge is 0.477 e. The molecule has 3 unspecified atom stereocenters. The third-order valence-electron chi connectivity index (χ3n) is 4.89. The maximum atomic E-state index is 11.2. The van der Waals surface area contributed by atoms with Gasteiger partial charge in [0.25, 0.3) is 0 Å². The maximum Gasteiger partial charge on any atom is 0.342 e. The van der Waals surface area contributed by atoms with Crippen molar-refractivity contribution in [1.82, 2.24) is 0 Å². The average Bonchev–Trinajstić information content (AvgIpc) is 3.06. The van der Waals surface area contributed by atoms with Crippen molar-refractivity contribution in [2.45, 2.75) is 25.7 Å². The first-order chi connectivity index (χ1) is 10.1. The monoisotopic (exact) mass is 290 g/mol. The molecule has 6 heteroatoms. The quantitative estimate of drug-likeness (QED) is 0.642. The van der Waals surface area contributed by atoms with E-state index >= 15 is 0 Å². The number of para-hydroxylation sites is 1. The Balaban J connectivity index is 1.77. The minimum atomic E-state index is -1.27. The van der Waals surface area contributed by atoms with E-state index in [4.69, 9.17) is 5.11 Å². The minimum Gasteiger partial charge on any atom is -0.477 e. The fourth-order valence-corrected chi connectivity index (χ4v) is 3.92. The van der Waals surface area contributed by atoms with Crippen LogP contribution in [0, 0.1) is 27.9 Å². The molecule has 1 aromatic carbocycles. The predicted octanol–water partition coefficient (Wildman–Crippen LogP) is 3.14.